The number of alkyl halides is 2. The first-order valence-electron chi connectivity index (χ1n) is 10.0. The van der Waals surface area contributed by atoms with Crippen LogP contribution in [0.15, 0.2) is 94.9 Å². The molecule has 0 spiro atoms. The molecule has 0 bridgehead atoms. The van der Waals surface area contributed by atoms with Gasteiger partial charge in [0, 0.05) is 30.6 Å². The molecular weight excluding hydrogens is 449 g/mol. The molecule has 5 rings (SSSR count). The Morgan fingerprint density at radius 2 is 1.65 bits per heavy atom. The minimum atomic E-state index is -2.98. The molecule has 0 fully saturated rings. The largest absolute Gasteiger partial charge is 0.332 e. The van der Waals surface area contributed by atoms with Crippen molar-refractivity contribution in [1.82, 2.24) is 28.9 Å². The predicted molar refractivity (Wildman–Crippen MR) is 117 cm³/mol. The van der Waals surface area contributed by atoms with Crippen LogP contribution < -0.4 is 11.0 Å². The standard InChI is InChI=1S/C23H15F3N6O2/c24-17-14-16(32-21(34)10-13-30(32)23(25)26)6-7-18(17)29-12-9-20(33)22(28-29)19-8-11-27-31(19)15-4-2-1-3-5-15/h1-14,23H. The van der Waals surface area contributed by atoms with E-state index in [1.165, 1.54) is 30.6 Å². The molecule has 0 amide bonds. The highest BCUT2D eigenvalue weighted by Gasteiger charge is 2.17. The smallest absolute Gasteiger partial charge is 0.287 e. The maximum atomic E-state index is 15.0. The Hall–Kier alpha value is -4.67. The fourth-order valence-electron chi connectivity index (χ4n) is 3.59. The van der Waals surface area contributed by atoms with Crippen molar-refractivity contribution in [2.24, 2.45) is 0 Å². The quantitative estimate of drug-likeness (QED) is 0.398. The van der Waals surface area contributed by atoms with E-state index in [2.05, 4.69) is 10.2 Å². The van der Waals surface area contributed by atoms with Crippen LogP contribution in [0.3, 0.4) is 0 Å². The van der Waals surface area contributed by atoms with E-state index in [1.807, 2.05) is 30.3 Å². The van der Waals surface area contributed by atoms with Crippen molar-refractivity contribution in [2.75, 3.05) is 0 Å². The topological polar surface area (TPSA) is 79.6 Å². The van der Waals surface area contributed by atoms with Crippen LogP contribution in [0, 0.1) is 5.82 Å². The number of para-hydroxylation sites is 1. The molecule has 3 aromatic heterocycles. The lowest BCUT2D eigenvalue weighted by atomic mass is 10.2. The third kappa shape index (κ3) is 3.62. The lowest BCUT2D eigenvalue weighted by molar-refractivity contribution is 0.0487. The van der Waals surface area contributed by atoms with Crippen molar-refractivity contribution >= 4 is 0 Å². The van der Waals surface area contributed by atoms with Gasteiger partial charge in [0.25, 0.3) is 5.56 Å². The Bertz CT molecular complexity index is 1600. The summed E-state index contributed by atoms with van der Waals surface area (Å²) in [5.41, 5.74) is -0.0993. The summed E-state index contributed by atoms with van der Waals surface area (Å²) < 4.78 is 45.2. The summed E-state index contributed by atoms with van der Waals surface area (Å²) in [4.78, 5) is 24.6. The van der Waals surface area contributed by atoms with Crippen LogP contribution in [-0.2, 0) is 0 Å². The highest BCUT2D eigenvalue weighted by atomic mass is 19.3. The van der Waals surface area contributed by atoms with Gasteiger partial charge in [0.2, 0.25) is 5.43 Å². The van der Waals surface area contributed by atoms with Crippen molar-refractivity contribution < 1.29 is 13.2 Å². The van der Waals surface area contributed by atoms with E-state index >= 15 is 4.39 Å². The zero-order valence-corrected chi connectivity index (χ0v) is 17.3. The van der Waals surface area contributed by atoms with E-state index in [9.17, 15) is 18.4 Å². The molecule has 0 radical (unpaired) electrons. The first-order chi connectivity index (χ1) is 16.4. The Balaban J connectivity index is 1.58. The molecule has 11 heteroatoms. The van der Waals surface area contributed by atoms with Gasteiger partial charge in [-0.3, -0.25) is 9.59 Å². The molecule has 0 saturated carbocycles. The minimum Gasteiger partial charge on any atom is -0.287 e. The second-order valence-corrected chi connectivity index (χ2v) is 7.20. The summed E-state index contributed by atoms with van der Waals surface area (Å²) in [6, 6.07) is 16.5. The molecule has 8 nitrogen and oxygen atoms in total. The lowest BCUT2D eigenvalue weighted by Gasteiger charge is -2.13. The van der Waals surface area contributed by atoms with Crippen molar-refractivity contribution in [3.05, 3.63) is 112 Å². The van der Waals surface area contributed by atoms with Gasteiger partial charge in [0.1, 0.15) is 5.69 Å². The van der Waals surface area contributed by atoms with Crippen molar-refractivity contribution in [3.8, 4) is 28.5 Å². The monoisotopic (exact) mass is 464 g/mol. The number of rotatable bonds is 5. The van der Waals surface area contributed by atoms with Crippen LogP contribution in [0.25, 0.3) is 28.5 Å². The van der Waals surface area contributed by atoms with E-state index in [1.54, 1.807) is 10.7 Å². The fraction of sp³-hybridized carbons (Fsp3) is 0.0435. The third-order valence-corrected chi connectivity index (χ3v) is 5.13. The van der Waals surface area contributed by atoms with Gasteiger partial charge in [-0.1, -0.05) is 18.2 Å². The molecule has 0 N–H and O–H groups in total. The lowest BCUT2D eigenvalue weighted by Crippen LogP contribution is -2.21. The minimum absolute atomic E-state index is 0.0372. The summed E-state index contributed by atoms with van der Waals surface area (Å²) in [6.07, 6.45) is 3.73. The Labute approximate surface area is 189 Å². The van der Waals surface area contributed by atoms with Gasteiger partial charge < -0.3 is 0 Å². The van der Waals surface area contributed by atoms with E-state index in [-0.39, 0.29) is 17.1 Å². The SMILES string of the molecule is O=c1ccn(-c2ccc(-n3c(=O)ccn3C(F)F)cc2F)nc1-c1ccnn1-c1ccccc1. The second-order valence-electron chi connectivity index (χ2n) is 7.20. The van der Waals surface area contributed by atoms with E-state index in [4.69, 9.17) is 0 Å². The van der Waals surface area contributed by atoms with Gasteiger partial charge in [0.05, 0.1) is 23.3 Å². The van der Waals surface area contributed by atoms with Crippen molar-refractivity contribution in [3.63, 3.8) is 0 Å². The Morgan fingerprint density at radius 1 is 0.853 bits per heavy atom. The van der Waals surface area contributed by atoms with Gasteiger partial charge >= 0.3 is 6.55 Å². The zero-order valence-electron chi connectivity index (χ0n) is 17.3. The Morgan fingerprint density at radius 3 is 2.38 bits per heavy atom. The van der Waals surface area contributed by atoms with Crippen LogP contribution in [0.4, 0.5) is 13.2 Å². The first kappa shape index (κ1) is 21.2. The average molecular weight is 464 g/mol. The average Bonchev–Trinajstić information content (AvgIpc) is 3.47. The predicted octanol–water partition coefficient (Wildman–Crippen LogP) is 3.57. The zero-order chi connectivity index (χ0) is 23.8. The second kappa shape index (κ2) is 8.35. The molecular formula is C23H15F3N6O2. The van der Waals surface area contributed by atoms with Gasteiger partial charge in [-0.25, -0.2) is 23.1 Å². The van der Waals surface area contributed by atoms with E-state index < -0.39 is 23.4 Å². The molecule has 170 valence electrons. The number of benzene rings is 2. The third-order valence-electron chi connectivity index (χ3n) is 5.13. The Kier molecular flexibility index (Phi) is 5.21. The normalized spacial score (nSPS) is 11.3. The van der Waals surface area contributed by atoms with Crippen molar-refractivity contribution in [2.45, 2.75) is 6.55 Å². The number of halogens is 3. The molecule has 0 saturated heterocycles. The molecule has 2 aromatic carbocycles. The summed E-state index contributed by atoms with van der Waals surface area (Å²) in [7, 11) is 0. The molecule has 0 unspecified atom stereocenters. The van der Waals surface area contributed by atoms with Crippen LogP contribution in [0.5, 0.6) is 0 Å². The van der Waals surface area contributed by atoms with E-state index in [0.717, 1.165) is 23.0 Å². The molecule has 34 heavy (non-hydrogen) atoms. The molecule has 3 heterocycles. The summed E-state index contributed by atoms with van der Waals surface area (Å²) >= 11 is 0. The number of hydrogen-bond acceptors (Lipinski definition) is 4. The highest BCUT2D eigenvalue weighted by Crippen LogP contribution is 2.21. The van der Waals surface area contributed by atoms with Gasteiger partial charge in [0.15, 0.2) is 11.5 Å². The van der Waals surface area contributed by atoms with Gasteiger partial charge in [-0.05, 0) is 30.3 Å². The van der Waals surface area contributed by atoms with Crippen LogP contribution in [0.1, 0.15) is 6.55 Å². The summed E-state index contributed by atoms with van der Waals surface area (Å²) in [5, 5.41) is 8.55. The fourth-order valence-corrected chi connectivity index (χ4v) is 3.59. The number of nitrogens with zero attached hydrogens (tertiary/aromatic N) is 6. The maximum absolute atomic E-state index is 15.0. The molecule has 0 aliphatic rings. The summed E-state index contributed by atoms with van der Waals surface area (Å²) in [6.45, 7) is -2.98. The van der Waals surface area contributed by atoms with Gasteiger partial charge in [-0.15, -0.1) is 0 Å². The maximum Gasteiger partial charge on any atom is 0.332 e. The highest BCUT2D eigenvalue weighted by molar-refractivity contribution is 5.57. The molecule has 0 aliphatic heterocycles. The van der Waals surface area contributed by atoms with Crippen molar-refractivity contribution in [1.29, 1.82) is 0 Å². The first-order valence-corrected chi connectivity index (χ1v) is 10.0. The number of hydrogen-bond donors (Lipinski definition) is 0. The summed E-state index contributed by atoms with van der Waals surface area (Å²) in [5.74, 6) is -0.829. The van der Waals surface area contributed by atoms with Crippen LogP contribution in [-0.4, -0.2) is 28.9 Å². The van der Waals surface area contributed by atoms with Crippen LogP contribution in [0.2, 0.25) is 0 Å². The van der Waals surface area contributed by atoms with Crippen LogP contribution >= 0.6 is 0 Å². The van der Waals surface area contributed by atoms with Gasteiger partial charge in [-0.2, -0.15) is 19.0 Å². The molecule has 0 atom stereocenters. The number of aromatic nitrogens is 6. The van der Waals surface area contributed by atoms with E-state index in [0.29, 0.717) is 20.7 Å². The molecule has 5 aromatic rings. The molecule has 0 aliphatic carbocycles.